The minimum Gasteiger partial charge on any atom is -0.309 e. The minimum absolute atomic E-state index is 1.23. The second-order valence-corrected chi connectivity index (χ2v) is 18.9. The van der Waals surface area contributed by atoms with Crippen LogP contribution in [-0.2, 0) is 0 Å². The van der Waals surface area contributed by atoms with Crippen molar-refractivity contribution in [2.24, 2.45) is 0 Å². The van der Waals surface area contributed by atoms with Crippen LogP contribution in [-0.4, -0.2) is 12.6 Å². The van der Waals surface area contributed by atoms with Gasteiger partial charge in [0.1, 0.15) is 8.07 Å². The van der Waals surface area contributed by atoms with Crippen molar-refractivity contribution in [3.05, 3.63) is 188 Å². The van der Waals surface area contributed by atoms with E-state index in [1.165, 1.54) is 93.5 Å². The van der Waals surface area contributed by atoms with Crippen LogP contribution in [0, 0.1) is 0 Å². The van der Waals surface area contributed by atoms with E-state index in [-0.39, 0.29) is 0 Å². The molecule has 10 rings (SSSR count). The summed E-state index contributed by atoms with van der Waals surface area (Å²) in [5.74, 6) is 0. The molecule has 0 aliphatic carbocycles. The molecule has 0 spiro atoms. The van der Waals surface area contributed by atoms with Gasteiger partial charge in [0.05, 0.1) is 11.0 Å². The zero-order valence-electron chi connectivity index (χ0n) is 29.3. The Morgan fingerprint density at radius 1 is 0.327 bits per heavy atom. The maximum Gasteiger partial charge on any atom is 0.113 e. The van der Waals surface area contributed by atoms with E-state index in [1.54, 1.807) is 0 Å². The fourth-order valence-corrected chi connectivity index (χ4v) is 11.5. The third-order valence-corrected chi connectivity index (χ3v) is 14.7. The first kappa shape index (κ1) is 30.6. The molecule has 2 heteroatoms. The second kappa shape index (κ2) is 11.9. The van der Waals surface area contributed by atoms with E-state index in [0.717, 1.165) is 0 Å². The number of hydrogen-bond acceptors (Lipinski definition) is 0. The van der Waals surface area contributed by atoms with E-state index in [9.17, 15) is 0 Å². The first-order valence-electron chi connectivity index (χ1n) is 18.2. The van der Waals surface area contributed by atoms with Gasteiger partial charge in [-0.05, 0) is 102 Å². The molecule has 246 valence electrons. The normalized spacial score (nSPS) is 13.0. The lowest BCUT2D eigenvalue weighted by molar-refractivity contribution is 1.18. The van der Waals surface area contributed by atoms with E-state index in [0.29, 0.717) is 0 Å². The molecule has 0 radical (unpaired) electrons. The highest BCUT2D eigenvalue weighted by Gasteiger charge is 2.38. The first-order chi connectivity index (χ1) is 25.5. The third kappa shape index (κ3) is 4.91. The number of aromatic nitrogens is 1. The van der Waals surface area contributed by atoms with Crippen molar-refractivity contribution in [3.8, 4) is 61.3 Å². The van der Waals surface area contributed by atoms with Crippen LogP contribution >= 0.6 is 0 Å². The molecule has 1 aromatic heterocycles. The van der Waals surface area contributed by atoms with Crippen molar-refractivity contribution < 1.29 is 0 Å². The summed E-state index contributed by atoms with van der Waals surface area (Å²) in [5.41, 5.74) is 16.5. The molecule has 0 amide bonds. The molecule has 8 aromatic carbocycles. The van der Waals surface area contributed by atoms with Crippen molar-refractivity contribution >= 4 is 40.3 Å². The van der Waals surface area contributed by atoms with Gasteiger partial charge in [-0.25, -0.2) is 0 Å². The SMILES string of the molecule is C[Si]1(C)c2cc(-c3ccc(-c4ccccc4)cc3)ccc2-c2ccc(-n3c4ccc(-c5ccccc5)cc4c4cc(-c5ccccc5)ccc43)cc21. The van der Waals surface area contributed by atoms with E-state index in [4.69, 9.17) is 0 Å². The van der Waals surface area contributed by atoms with Crippen molar-refractivity contribution in [2.45, 2.75) is 13.1 Å². The Morgan fingerprint density at radius 3 is 1.21 bits per heavy atom. The lowest BCUT2D eigenvalue weighted by atomic mass is 9.98. The molecule has 0 bridgehead atoms. The van der Waals surface area contributed by atoms with Crippen LogP contribution in [0.1, 0.15) is 0 Å². The molecule has 0 saturated carbocycles. The van der Waals surface area contributed by atoms with Gasteiger partial charge in [0.2, 0.25) is 0 Å². The average Bonchev–Trinajstić information content (AvgIpc) is 3.65. The Labute approximate surface area is 306 Å². The van der Waals surface area contributed by atoms with E-state index < -0.39 is 8.07 Å². The first-order valence-corrected chi connectivity index (χ1v) is 21.2. The summed E-state index contributed by atoms with van der Waals surface area (Å²) in [5, 5.41) is 5.58. The Bertz CT molecular complexity index is 2680. The number of nitrogens with zero attached hydrogens (tertiary/aromatic N) is 1. The molecular formula is C50H37NSi. The van der Waals surface area contributed by atoms with Crippen LogP contribution in [0.3, 0.4) is 0 Å². The zero-order chi connectivity index (χ0) is 34.8. The van der Waals surface area contributed by atoms with Crippen LogP contribution in [0.5, 0.6) is 0 Å². The fraction of sp³-hybridized carbons (Fsp3) is 0.0400. The van der Waals surface area contributed by atoms with Gasteiger partial charge in [0.15, 0.2) is 0 Å². The zero-order valence-corrected chi connectivity index (χ0v) is 30.3. The molecule has 52 heavy (non-hydrogen) atoms. The van der Waals surface area contributed by atoms with Crippen LogP contribution in [0.2, 0.25) is 13.1 Å². The molecule has 0 fully saturated rings. The van der Waals surface area contributed by atoms with Gasteiger partial charge in [-0.15, -0.1) is 0 Å². The molecule has 1 aliphatic heterocycles. The highest BCUT2D eigenvalue weighted by Crippen LogP contribution is 2.39. The third-order valence-electron chi connectivity index (χ3n) is 11.2. The number of hydrogen-bond donors (Lipinski definition) is 0. The molecule has 2 heterocycles. The van der Waals surface area contributed by atoms with Gasteiger partial charge in [-0.2, -0.15) is 0 Å². The van der Waals surface area contributed by atoms with Crippen LogP contribution in [0.15, 0.2) is 188 Å². The van der Waals surface area contributed by atoms with Gasteiger partial charge in [-0.3, -0.25) is 0 Å². The van der Waals surface area contributed by atoms with E-state index >= 15 is 0 Å². The topological polar surface area (TPSA) is 4.93 Å². The molecule has 0 N–H and O–H groups in total. The fourth-order valence-electron chi connectivity index (χ4n) is 8.45. The van der Waals surface area contributed by atoms with E-state index in [1.807, 2.05) is 0 Å². The smallest absolute Gasteiger partial charge is 0.113 e. The second-order valence-electron chi connectivity index (χ2n) is 14.6. The predicted octanol–water partition coefficient (Wildman–Crippen LogP) is 12.3. The lowest BCUT2D eigenvalue weighted by Gasteiger charge is -2.20. The highest BCUT2D eigenvalue weighted by atomic mass is 28.3. The molecule has 1 aliphatic rings. The summed E-state index contributed by atoms with van der Waals surface area (Å²) in [6, 6.07) is 69.5. The summed E-state index contributed by atoms with van der Waals surface area (Å²) < 4.78 is 2.49. The molecule has 9 aromatic rings. The quantitative estimate of drug-likeness (QED) is 0.160. The molecule has 0 saturated heterocycles. The summed E-state index contributed by atoms with van der Waals surface area (Å²) in [4.78, 5) is 0. The van der Waals surface area contributed by atoms with Gasteiger partial charge in [-0.1, -0.05) is 165 Å². The Morgan fingerprint density at radius 2 is 0.692 bits per heavy atom. The van der Waals surface area contributed by atoms with Crippen LogP contribution < -0.4 is 10.4 Å². The summed E-state index contributed by atoms with van der Waals surface area (Å²) >= 11 is 0. The summed E-state index contributed by atoms with van der Waals surface area (Å²) in [7, 11) is -2.01. The van der Waals surface area contributed by atoms with Crippen LogP contribution in [0.25, 0.3) is 83.1 Å². The maximum atomic E-state index is 2.52. The van der Waals surface area contributed by atoms with Gasteiger partial charge in [0, 0.05) is 16.5 Å². The maximum absolute atomic E-state index is 2.52. The van der Waals surface area contributed by atoms with Gasteiger partial charge in [0.25, 0.3) is 0 Å². The van der Waals surface area contributed by atoms with Gasteiger partial charge >= 0.3 is 0 Å². The van der Waals surface area contributed by atoms with Crippen molar-refractivity contribution in [1.29, 1.82) is 0 Å². The summed E-state index contributed by atoms with van der Waals surface area (Å²) in [6.07, 6.45) is 0. The van der Waals surface area contributed by atoms with Crippen molar-refractivity contribution in [1.82, 2.24) is 4.57 Å². The summed E-state index contributed by atoms with van der Waals surface area (Å²) in [6.45, 7) is 5.04. The minimum atomic E-state index is -2.01. The largest absolute Gasteiger partial charge is 0.309 e. The molecule has 0 atom stereocenters. The predicted molar refractivity (Wildman–Crippen MR) is 225 cm³/mol. The van der Waals surface area contributed by atoms with Crippen molar-refractivity contribution in [2.75, 3.05) is 0 Å². The Hall–Kier alpha value is -6.22. The lowest BCUT2D eigenvalue weighted by Crippen LogP contribution is -2.49. The van der Waals surface area contributed by atoms with E-state index in [2.05, 4.69) is 206 Å². The Balaban J connectivity index is 1.09. The monoisotopic (exact) mass is 679 g/mol. The van der Waals surface area contributed by atoms with Crippen molar-refractivity contribution in [3.63, 3.8) is 0 Å². The molecule has 1 nitrogen and oxygen atoms in total. The Kier molecular flexibility index (Phi) is 7.02. The number of fused-ring (bicyclic) bond motifs is 6. The molecular weight excluding hydrogens is 643 g/mol. The van der Waals surface area contributed by atoms with Crippen LogP contribution in [0.4, 0.5) is 0 Å². The number of rotatable bonds is 5. The van der Waals surface area contributed by atoms with Gasteiger partial charge < -0.3 is 4.57 Å². The standard InChI is InChI=1S/C50H37NSi/c1-52(2)49-32-41(38-20-18-37(19-21-38)34-12-6-3-7-13-34)22-26-43(49)44-27-25-42(33-50(44)52)51-47-28-23-39(35-14-8-4-9-15-35)30-45(47)46-31-40(24-29-48(46)51)36-16-10-5-11-17-36/h3-33H,1-2H3. The molecule has 0 unspecified atom stereocenters. The highest BCUT2D eigenvalue weighted by molar-refractivity contribution is 7.03. The average molecular weight is 680 g/mol. The number of benzene rings is 8.